The van der Waals surface area contributed by atoms with Gasteiger partial charge in [-0.15, -0.1) is 0 Å². The fourth-order valence-electron chi connectivity index (χ4n) is 5.45. The summed E-state index contributed by atoms with van der Waals surface area (Å²) < 4.78 is 21.0. The molecule has 1 aliphatic rings. The van der Waals surface area contributed by atoms with Crippen molar-refractivity contribution in [3.63, 3.8) is 0 Å². The van der Waals surface area contributed by atoms with E-state index in [4.69, 9.17) is 14.7 Å². The molecule has 39 heavy (non-hydrogen) atoms. The van der Waals surface area contributed by atoms with Crippen molar-refractivity contribution in [3.8, 4) is 16.9 Å². The summed E-state index contributed by atoms with van der Waals surface area (Å²) in [6, 6.07) is 19.1. The van der Waals surface area contributed by atoms with Gasteiger partial charge in [0.05, 0.1) is 29.4 Å². The molecule has 0 radical (unpaired) electrons. The first kappa shape index (κ1) is 24.9. The fourth-order valence-corrected chi connectivity index (χ4v) is 5.45. The third kappa shape index (κ3) is 4.35. The maximum Gasteiger partial charge on any atom is 0.270 e. The summed E-state index contributed by atoms with van der Waals surface area (Å²) in [4.78, 5) is 30.2. The summed E-state index contributed by atoms with van der Waals surface area (Å²) in [5, 5.41) is 0.665. The molecular formula is C31H32FN5O2. The van der Waals surface area contributed by atoms with Gasteiger partial charge in [0.15, 0.2) is 5.82 Å². The Bertz CT molecular complexity index is 1710. The van der Waals surface area contributed by atoms with Gasteiger partial charge in [0.25, 0.3) is 5.91 Å². The lowest BCUT2D eigenvalue weighted by atomic mass is 9.96. The Balaban J connectivity index is 0.00000323. The van der Waals surface area contributed by atoms with E-state index in [0.717, 1.165) is 33.7 Å². The second-order valence-corrected chi connectivity index (χ2v) is 9.82. The van der Waals surface area contributed by atoms with Crippen molar-refractivity contribution >= 4 is 33.7 Å². The van der Waals surface area contributed by atoms with Gasteiger partial charge in [0.1, 0.15) is 17.3 Å². The molecule has 0 spiro atoms. The minimum atomic E-state index is -0.319. The smallest absolute Gasteiger partial charge is 0.270 e. The molecule has 0 bridgehead atoms. The van der Waals surface area contributed by atoms with E-state index >= 15 is 4.39 Å². The van der Waals surface area contributed by atoms with Crippen molar-refractivity contribution in [2.75, 3.05) is 38.2 Å². The highest BCUT2D eigenvalue weighted by Gasteiger charge is 2.27. The highest BCUT2D eigenvalue weighted by molar-refractivity contribution is 6.04. The highest BCUT2D eigenvalue weighted by Crippen LogP contribution is 2.38. The van der Waals surface area contributed by atoms with Crippen LogP contribution in [0.2, 0.25) is 0 Å². The van der Waals surface area contributed by atoms with Crippen molar-refractivity contribution in [3.05, 3.63) is 83.4 Å². The van der Waals surface area contributed by atoms with Crippen LogP contribution in [0.25, 0.3) is 33.1 Å². The quantitative estimate of drug-likeness (QED) is 0.304. The number of fused-ring (bicyclic) bond motifs is 2. The van der Waals surface area contributed by atoms with E-state index in [2.05, 4.69) is 9.88 Å². The molecule has 5 aromatic rings. The number of nitrogens with zero attached hydrogens (tertiary/aromatic N) is 4. The number of anilines is 1. The van der Waals surface area contributed by atoms with Crippen LogP contribution in [0.4, 0.5) is 10.2 Å². The third-order valence-corrected chi connectivity index (χ3v) is 7.52. The van der Waals surface area contributed by atoms with E-state index in [-0.39, 0.29) is 13.2 Å². The van der Waals surface area contributed by atoms with Gasteiger partial charge in [-0.1, -0.05) is 37.3 Å². The number of halogens is 1. The summed E-state index contributed by atoms with van der Waals surface area (Å²) >= 11 is 0. The molecule has 0 saturated carbocycles. The first-order valence-corrected chi connectivity index (χ1v) is 13.2. The summed E-state index contributed by atoms with van der Waals surface area (Å²) in [6.07, 6.45) is 0.533. The Hall–Kier alpha value is -4.46. The summed E-state index contributed by atoms with van der Waals surface area (Å²) in [7, 11) is 1.62. The number of hydrogen-bond acceptors (Lipinski definition) is 5. The van der Waals surface area contributed by atoms with Gasteiger partial charge in [0, 0.05) is 38.6 Å². The number of benzene rings is 3. The van der Waals surface area contributed by atoms with E-state index in [1.165, 1.54) is 0 Å². The number of aromatic nitrogens is 3. The van der Waals surface area contributed by atoms with Crippen molar-refractivity contribution < 1.29 is 15.3 Å². The monoisotopic (exact) mass is 525 g/mol. The summed E-state index contributed by atoms with van der Waals surface area (Å²) in [5.74, 6) is 1.09. The van der Waals surface area contributed by atoms with Crippen LogP contribution < -0.4 is 9.64 Å². The fraction of sp³-hybridized carbons (Fsp3) is 0.258. The molecule has 0 unspecified atom stereocenters. The molecule has 200 valence electrons. The standard InChI is InChI=1S/C31H30FN5O2.H2/c1-4-20-17-22(21-9-5-8-12-27(21)39-3)23-18-26(34-29(23)28(20)32)31(38)37-15-13-36(14-16-37)30-19(2)33-24-10-6-7-11-25(24)35-30;/h5-12,17-18,34H,4,13-16H2,1-3H3;1H. The van der Waals surface area contributed by atoms with Gasteiger partial charge in [-0.05, 0) is 54.8 Å². The van der Waals surface area contributed by atoms with Crippen molar-refractivity contribution in [2.45, 2.75) is 20.3 Å². The van der Waals surface area contributed by atoms with Crippen molar-refractivity contribution in [1.29, 1.82) is 0 Å². The maximum atomic E-state index is 15.4. The Morgan fingerprint density at radius 2 is 1.69 bits per heavy atom. The van der Waals surface area contributed by atoms with E-state index in [0.29, 0.717) is 60.5 Å². The topological polar surface area (TPSA) is 74.3 Å². The normalized spacial score (nSPS) is 13.8. The number of nitrogens with one attached hydrogen (secondary N) is 1. The molecule has 1 aliphatic heterocycles. The predicted octanol–water partition coefficient (Wildman–Crippen LogP) is 6.01. The van der Waals surface area contributed by atoms with Gasteiger partial charge in [-0.2, -0.15) is 0 Å². The first-order valence-electron chi connectivity index (χ1n) is 13.2. The number of aryl methyl sites for hydroxylation is 2. The Labute approximate surface area is 227 Å². The Morgan fingerprint density at radius 3 is 2.41 bits per heavy atom. The number of hydrogen-bond donors (Lipinski definition) is 1. The van der Waals surface area contributed by atoms with Gasteiger partial charge < -0.3 is 19.5 Å². The lowest BCUT2D eigenvalue weighted by Gasteiger charge is -2.35. The van der Waals surface area contributed by atoms with Gasteiger partial charge >= 0.3 is 0 Å². The number of methoxy groups -OCH3 is 1. The molecule has 7 nitrogen and oxygen atoms in total. The van der Waals surface area contributed by atoms with E-state index in [1.807, 2.05) is 73.3 Å². The SMILES string of the molecule is CCc1cc(-c2ccccc2OC)c2cc(C(=O)N3CCN(c4nc5ccccc5nc4C)CC3)[nH]c2c1F.[HH]. The molecular weight excluding hydrogens is 493 g/mol. The van der Waals surface area contributed by atoms with E-state index < -0.39 is 0 Å². The molecule has 3 heterocycles. The maximum absolute atomic E-state index is 15.4. The average molecular weight is 526 g/mol. The number of H-pyrrole nitrogens is 1. The number of amides is 1. The zero-order valence-corrected chi connectivity index (χ0v) is 22.3. The summed E-state index contributed by atoms with van der Waals surface area (Å²) in [5.41, 5.74) is 5.61. The number of para-hydroxylation sites is 3. The van der Waals surface area contributed by atoms with Crippen LogP contribution in [-0.2, 0) is 6.42 Å². The van der Waals surface area contributed by atoms with Crippen molar-refractivity contribution in [2.24, 2.45) is 0 Å². The van der Waals surface area contributed by atoms with Gasteiger partial charge in [-0.3, -0.25) is 4.79 Å². The number of piperazine rings is 1. The Kier molecular flexibility index (Phi) is 6.38. The van der Waals surface area contributed by atoms with Gasteiger partial charge in [-0.25, -0.2) is 14.4 Å². The van der Waals surface area contributed by atoms with Crippen LogP contribution in [0, 0.1) is 12.7 Å². The zero-order valence-electron chi connectivity index (χ0n) is 22.3. The molecule has 1 amide bonds. The number of rotatable bonds is 5. The Morgan fingerprint density at radius 1 is 1.00 bits per heavy atom. The minimum Gasteiger partial charge on any atom is -0.496 e. The molecule has 3 aromatic carbocycles. The van der Waals surface area contributed by atoms with Crippen LogP contribution in [0.15, 0.2) is 60.7 Å². The molecule has 1 saturated heterocycles. The number of aromatic amines is 1. The second-order valence-electron chi connectivity index (χ2n) is 9.82. The minimum absolute atomic E-state index is 0. The molecule has 0 atom stereocenters. The van der Waals surface area contributed by atoms with Crippen LogP contribution in [0.1, 0.15) is 30.1 Å². The van der Waals surface area contributed by atoms with Gasteiger partial charge in [0.2, 0.25) is 0 Å². The zero-order chi connectivity index (χ0) is 27.1. The van der Waals surface area contributed by atoms with E-state index in [9.17, 15) is 4.79 Å². The third-order valence-electron chi connectivity index (χ3n) is 7.52. The average Bonchev–Trinajstić information content (AvgIpc) is 3.43. The van der Waals surface area contributed by atoms with Crippen LogP contribution in [-0.4, -0.2) is 59.0 Å². The number of carbonyl (C=O) groups excluding carboxylic acids is 1. The second kappa shape index (κ2) is 10.0. The highest BCUT2D eigenvalue weighted by atomic mass is 19.1. The molecule has 1 N–H and O–H groups in total. The molecule has 1 fully saturated rings. The lowest BCUT2D eigenvalue weighted by Crippen LogP contribution is -2.49. The van der Waals surface area contributed by atoms with E-state index in [1.54, 1.807) is 13.2 Å². The van der Waals surface area contributed by atoms with Crippen LogP contribution in [0.5, 0.6) is 5.75 Å². The number of carbonyl (C=O) groups is 1. The largest absolute Gasteiger partial charge is 0.496 e. The van der Waals surface area contributed by atoms with Crippen molar-refractivity contribution in [1.82, 2.24) is 19.9 Å². The molecule has 2 aromatic heterocycles. The predicted molar refractivity (Wildman–Crippen MR) is 154 cm³/mol. The number of ether oxygens (including phenoxy) is 1. The molecule has 6 rings (SSSR count). The summed E-state index contributed by atoms with van der Waals surface area (Å²) in [6.45, 7) is 6.23. The van der Waals surface area contributed by atoms with Crippen LogP contribution >= 0.6 is 0 Å². The molecule has 8 heteroatoms. The lowest BCUT2D eigenvalue weighted by molar-refractivity contribution is 0.0741. The molecule has 0 aliphatic carbocycles. The first-order chi connectivity index (χ1) is 19.0. The van der Waals surface area contributed by atoms with Crippen LogP contribution in [0.3, 0.4) is 0 Å².